The van der Waals surface area contributed by atoms with E-state index < -0.39 is 16.9 Å². The maximum absolute atomic E-state index is 13.1. The van der Waals surface area contributed by atoms with Crippen molar-refractivity contribution in [3.63, 3.8) is 0 Å². The smallest absolute Gasteiger partial charge is 0.410 e. The summed E-state index contributed by atoms with van der Waals surface area (Å²) >= 11 is 12.7. The molecule has 0 aliphatic carbocycles. The Balaban J connectivity index is 1.74. The Labute approximate surface area is 178 Å². The maximum Gasteiger partial charge on any atom is 0.413 e. The number of carbonyl (C=O) groups is 2. The number of rotatable bonds is 4. The van der Waals surface area contributed by atoms with Crippen LogP contribution < -0.4 is 10.1 Å². The monoisotopic (exact) mass is 434 g/mol. The van der Waals surface area contributed by atoms with E-state index in [1.165, 1.54) is 16.7 Å². The summed E-state index contributed by atoms with van der Waals surface area (Å²) in [5.41, 5.74) is 0.894. The zero-order chi connectivity index (χ0) is 20.3. The van der Waals surface area contributed by atoms with E-state index in [4.69, 9.17) is 28.6 Å². The van der Waals surface area contributed by atoms with Gasteiger partial charge in [-0.05, 0) is 43.7 Å². The molecular formula is C20H19ClN2O3S2. The average molecular weight is 435 g/mol. The molecule has 0 saturated carbocycles. The lowest BCUT2D eigenvalue weighted by atomic mass is 10.0. The van der Waals surface area contributed by atoms with E-state index in [0.717, 1.165) is 5.56 Å². The molecule has 1 fully saturated rings. The Kier molecular flexibility index (Phi) is 6.27. The van der Waals surface area contributed by atoms with Crippen molar-refractivity contribution in [2.24, 2.45) is 0 Å². The van der Waals surface area contributed by atoms with E-state index in [1.54, 1.807) is 36.4 Å². The molecule has 1 atom stereocenters. The van der Waals surface area contributed by atoms with Gasteiger partial charge >= 0.3 is 6.09 Å². The van der Waals surface area contributed by atoms with Gasteiger partial charge in [-0.1, -0.05) is 65.9 Å². The van der Waals surface area contributed by atoms with Crippen LogP contribution in [-0.4, -0.2) is 32.0 Å². The van der Waals surface area contributed by atoms with Gasteiger partial charge in [0.2, 0.25) is 0 Å². The van der Waals surface area contributed by atoms with Gasteiger partial charge in [0.1, 0.15) is 16.1 Å². The summed E-state index contributed by atoms with van der Waals surface area (Å²) in [4.78, 5) is 27.0. The number of halogens is 1. The Morgan fingerprint density at radius 2 is 1.86 bits per heavy atom. The first-order valence-electron chi connectivity index (χ1n) is 8.58. The van der Waals surface area contributed by atoms with Gasteiger partial charge in [-0.3, -0.25) is 9.69 Å². The largest absolute Gasteiger partial charge is 0.413 e. The van der Waals surface area contributed by atoms with Gasteiger partial charge in [-0.2, -0.15) is 0 Å². The van der Waals surface area contributed by atoms with Crippen molar-refractivity contribution in [1.29, 1.82) is 0 Å². The topological polar surface area (TPSA) is 58.6 Å². The molecule has 1 unspecified atom stereocenters. The lowest BCUT2D eigenvalue weighted by molar-refractivity contribution is -0.130. The zero-order valence-electron chi connectivity index (χ0n) is 15.3. The van der Waals surface area contributed by atoms with Crippen molar-refractivity contribution >= 4 is 51.9 Å². The molecule has 2 aromatic rings. The lowest BCUT2D eigenvalue weighted by Gasteiger charge is -2.42. The number of hydrogen-bond acceptors (Lipinski definition) is 5. The van der Waals surface area contributed by atoms with Gasteiger partial charge in [0.05, 0.1) is 6.54 Å². The first-order valence-corrected chi connectivity index (χ1v) is 10.2. The number of hydrogen-bond donors (Lipinski definition) is 1. The first kappa shape index (κ1) is 20.6. The minimum atomic E-state index is -0.785. The van der Waals surface area contributed by atoms with Gasteiger partial charge in [0.15, 0.2) is 0 Å². The van der Waals surface area contributed by atoms with Crippen molar-refractivity contribution < 1.29 is 14.3 Å². The molecule has 146 valence electrons. The van der Waals surface area contributed by atoms with Crippen LogP contribution in [0.15, 0.2) is 54.6 Å². The van der Waals surface area contributed by atoms with Crippen LogP contribution in [0.25, 0.3) is 0 Å². The van der Waals surface area contributed by atoms with Crippen molar-refractivity contribution in [3.05, 3.63) is 65.2 Å². The highest BCUT2D eigenvalue weighted by molar-refractivity contribution is 8.24. The fraction of sp³-hybridized carbons (Fsp3) is 0.250. The molecular weight excluding hydrogens is 416 g/mol. The number of nitrogens with zero attached hydrogens (tertiary/aromatic N) is 1. The van der Waals surface area contributed by atoms with Crippen molar-refractivity contribution in [1.82, 2.24) is 10.2 Å². The third-order valence-corrected chi connectivity index (χ3v) is 6.13. The summed E-state index contributed by atoms with van der Waals surface area (Å²) in [6, 6.07) is 15.1. The summed E-state index contributed by atoms with van der Waals surface area (Å²) in [6.45, 7) is 4.05. The number of carbonyl (C=O) groups excluding carboxylic acids is 2. The van der Waals surface area contributed by atoms with Gasteiger partial charge in [-0.25, -0.2) is 4.79 Å². The summed E-state index contributed by atoms with van der Waals surface area (Å²) in [7, 11) is 0. The predicted molar refractivity (Wildman–Crippen MR) is 116 cm³/mol. The molecule has 28 heavy (non-hydrogen) atoms. The normalized spacial score (nSPS) is 18.7. The fourth-order valence-electron chi connectivity index (χ4n) is 2.78. The minimum Gasteiger partial charge on any atom is -0.410 e. The molecule has 0 bridgehead atoms. The molecule has 3 rings (SSSR count). The number of ether oxygens (including phenoxy) is 1. The second-order valence-corrected chi connectivity index (χ2v) is 9.53. The highest BCUT2D eigenvalue weighted by atomic mass is 35.5. The van der Waals surface area contributed by atoms with Crippen LogP contribution in [-0.2, 0) is 11.3 Å². The Morgan fingerprint density at radius 1 is 1.21 bits per heavy atom. The SMILES string of the molecule is CC1(C)SC(=S)N(Cc2ccc(Cl)cc2)C(=O)C1NC(=O)Oc1ccccc1. The maximum atomic E-state index is 13.1. The Morgan fingerprint density at radius 3 is 2.50 bits per heavy atom. The van der Waals surface area contributed by atoms with Gasteiger partial charge < -0.3 is 10.1 Å². The van der Waals surface area contributed by atoms with Crippen molar-refractivity contribution in [2.45, 2.75) is 31.2 Å². The first-order chi connectivity index (χ1) is 13.3. The van der Waals surface area contributed by atoms with E-state index in [-0.39, 0.29) is 5.91 Å². The number of thiocarbonyl (C=S) groups is 1. The number of para-hydroxylation sites is 1. The third kappa shape index (κ3) is 4.84. The molecule has 1 aliphatic rings. The van der Waals surface area contributed by atoms with Crippen LogP contribution in [0, 0.1) is 0 Å². The summed E-state index contributed by atoms with van der Waals surface area (Å²) in [5.74, 6) is 0.135. The highest BCUT2D eigenvalue weighted by Crippen LogP contribution is 2.37. The van der Waals surface area contributed by atoms with Crippen molar-refractivity contribution in [3.8, 4) is 5.75 Å². The van der Waals surface area contributed by atoms with Crippen LogP contribution in [0.5, 0.6) is 5.75 Å². The number of nitrogens with one attached hydrogen (secondary N) is 1. The molecule has 1 aliphatic heterocycles. The lowest BCUT2D eigenvalue weighted by Crippen LogP contribution is -2.62. The molecule has 1 saturated heterocycles. The van der Waals surface area contributed by atoms with Gasteiger partial charge in [0, 0.05) is 9.77 Å². The molecule has 2 amide bonds. The summed E-state index contributed by atoms with van der Waals surface area (Å²) in [6.07, 6.45) is -0.683. The average Bonchev–Trinajstić information content (AvgIpc) is 2.64. The third-order valence-electron chi connectivity index (χ3n) is 4.25. The molecule has 1 heterocycles. The molecule has 8 heteroatoms. The Bertz CT molecular complexity index is 888. The number of thioether (sulfide) groups is 1. The van der Waals surface area contributed by atoms with Crippen LogP contribution in [0.1, 0.15) is 19.4 Å². The molecule has 0 aromatic heterocycles. The van der Waals surface area contributed by atoms with E-state index in [0.29, 0.717) is 21.6 Å². The van der Waals surface area contributed by atoms with E-state index in [1.807, 2.05) is 32.0 Å². The highest BCUT2D eigenvalue weighted by Gasteiger charge is 2.46. The minimum absolute atomic E-state index is 0.270. The standard InChI is InChI=1S/C20H19ClN2O3S2/c1-20(2)16(22-18(25)26-15-6-4-3-5-7-15)17(24)23(19(27)28-20)12-13-8-10-14(21)11-9-13/h3-11,16H,12H2,1-2H3,(H,22,25). The molecule has 1 N–H and O–H groups in total. The van der Waals surface area contributed by atoms with Gasteiger partial charge in [0.25, 0.3) is 5.91 Å². The van der Waals surface area contributed by atoms with E-state index in [2.05, 4.69) is 5.32 Å². The van der Waals surface area contributed by atoms with Crippen molar-refractivity contribution in [2.75, 3.05) is 0 Å². The number of amides is 2. The second kappa shape index (κ2) is 8.51. The quantitative estimate of drug-likeness (QED) is 0.710. The fourth-order valence-corrected chi connectivity index (χ4v) is 4.69. The summed E-state index contributed by atoms with van der Waals surface area (Å²) < 4.78 is 5.14. The second-order valence-electron chi connectivity index (χ2n) is 6.80. The Hall–Kier alpha value is -2.09. The van der Waals surface area contributed by atoms with E-state index >= 15 is 0 Å². The van der Waals surface area contributed by atoms with Crippen LogP contribution in [0.2, 0.25) is 5.02 Å². The van der Waals surface area contributed by atoms with Crippen LogP contribution in [0.3, 0.4) is 0 Å². The van der Waals surface area contributed by atoms with E-state index in [9.17, 15) is 9.59 Å². The predicted octanol–water partition coefficient (Wildman–Crippen LogP) is 4.64. The van der Waals surface area contributed by atoms with Crippen LogP contribution >= 0.6 is 35.6 Å². The molecule has 0 spiro atoms. The zero-order valence-corrected chi connectivity index (χ0v) is 17.7. The molecule has 0 radical (unpaired) electrons. The molecule has 5 nitrogen and oxygen atoms in total. The molecule has 2 aromatic carbocycles. The van der Waals surface area contributed by atoms with Crippen LogP contribution in [0.4, 0.5) is 4.79 Å². The summed E-state index contributed by atoms with van der Waals surface area (Å²) in [5, 5.41) is 3.32. The number of benzene rings is 2. The van der Waals surface area contributed by atoms with Gasteiger partial charge in [-0.15, -0.1) is 0 Å².